The predicted molar refractivity (Wildman–Crippen MR) is 186 cm³/mol. The van der Waals surface area contributed by atoms with Crippen LogP contribution in [-0.2, 0) is 16.1 Å². The molecule has 1 fully saturated rings. The van der Waals surface area contributed by atoms with Gasteiger partial charge in [0.25, 0.3) is 5.91 Å². The molecule has 2 atom stereocenters. The zero-order chi connectivity index (χ0) is 32.5. The number of furan rings is 1. The van der Waals surface area contributed by atoms with Crippen molar-refractivity contribution in [1.82, 2.24) is 5.32 Å². The summed E-state index contributed by atoms with van der Waals surface area (Å²) in [5, 5.41) is 13.2. The molecule has 5 rings (SSSR count). The van der Waals surface area contributed by atoms with E-state index in [0.29, 0.717) is 35.3 Å². The molecule has 1 amide bonds. The van der Waals surface area contributed by atoms with Crippen LogP contribution in [0.15, 0.2) is 83.3 Å². The molecule has 0 bridgehead atoms. The lowest BCUT2D eigenvalue weighted by atomic mass is 9.85. The second-order valence-corrected chi connectivity index (χ2v) is 13.5. The number of hydrogen-bond acceptors (Lipinski definition) is 5. The molecule has 1 unspecified atom stereocenters. The number of nitrogens with one attached hydrogen (secondary N) is 1. The second kappa shape index (κ2) is 16.3. The molecule has 1 aliphatic rings. The fraction of sp³-hybridized carbons (Fsp3) is 0.368. The number of amides is 1. The summed E-state index contributed by atoms with van der Waals surface area (Å²) in [6.45, 7) is 2.34. The van der Waals surface area contributed by atoms with Crippen molar-refractivity contribution < 1.29 is 23.8 Å². The molecule has 4 aromatic rings. The minimum Gasteiger partial charge on any atom is -0.480 e. The summed E-state index contributed by atoms with van der Waals surface area (Å²) < 4.78 is 13.0. The molecule has 0 aliphatic heterocycles. The molecular weight excluding hydrogens is 618 g/mol. The summed E-state index contributed by atoms with van der Waals surface area (Å²) >= 11 is 7.66. The Morgan fingerprint density at radius 3 is 2.48 bits per heavy atom. The van der Waals surface area contributed by atoms with Gasteiger partial charge >= 0.3 is 5.97 Å². The molecule has 2 N–H and O–H groups in total. The van der Waals surface area contributed by atoms with E-state index < -0.39 is 17.9 Å². The van der Waals surface area contributed by atoms with Gasteiger partial charge in [-0.1, -0.05) is 74.0 Å². The van der Waals surface area contributed by atoms with Crippen molar-refractivity contribution >= 4 is 35.2 Å². The van der Waals surface area contributed by atoms with Crippen LogP contribution in [0.25, 0.3) is 22.5 Å². The number of thioether (sulfide) groups is 1. The minimum atomic E-state index is -1.04. The van der Waals surface area contributed by atoms with Gasteiger partial charge < -0.3 is 19.6 Å². The Labute approximate surface area is 280 Å². The van der Waals surface area contributed by atoms with Crippen molar-refractivity contribution in [2.75, 3.05) is 12.0 Å². The van der Waals surface area contributed by atoms with Gasteiger partial charge in [-0.2, -0.15) is 11.8 Å². The molecule has 242 valence electrons. The summed E-state index contributed by atoms with van der Waals surface area (Å²) in [6.07, 6.45) is 9.09. The van der Waals surface area contributed by atoms with Crippen LogP contribution in [0.3, 0.4) is 0 Å². The number of aryl methyl sites for hydroxylation is 1. The molecule has 1 saturated carbocycles. The van der Waals surface area contributed by atoms with Crippen LogP contribution in [-0.4, -0.2) is 35.0 Å². The first-order chi connectivity index (χ1) is 22.3. The third-order valence-electron chi connectivity index (χ3n) is 8.77. The molecule has 3 aromatic carbocycles. The summed E-state index contributed by atoms with van der Waals surface area (Å²) in [7, 11) is 0. The molecule has 46 heavy (non-hydrogen) atoms. The fourth-order valence-corrected chi connectivity index (χ4v) is 6.79. The molecule has 0 spiro atoms. The normalized spacial score (nSPS) is 14.9. The van der Waals surface area contributed by atoms with Crippen LogP contribution in [0.5, 0.6) is 0 Å². The third-order valence-corrected chi connectivity index (χ3v) is 9.67. The third kappa shape index (κ3) is 8.84. The van der Waals surface area contributed by atoms with Gasteiger partial charge in [0.2, 0.25) is 0 Å². The number of rotatable bonds is 14. The highest BCUT2D eigenvalue weighted by molar-refractivity contribution is 7.98. The first-order valence-corrected chi connectivity index (χ1v) is 17.8. The lowest BCUT2D eigenvalue weighted by Crippen LogP contribution is -2.41. The van der Waals surface area contributed by atoms with E-state index in [0.717, 1.165) is 45.8 Å². The number of aliphatic carboxylic acids is 1. The van der Waals surface area contributed by atoms with Crippen LogP contribution in [0.4, 0.5) is 0 Å². The Bertz CT molecular complexity index is 1610. The number of hydrogen-bond donors (Lipinski definition) is 2. The van der Waals surface area contributed by atoms with Crippen LogP contribution >= 0.6 is 23.4 Å². The first-order valence-electron chi connectivity index (χ1n) is 16.0. The number of benzene rings is 3. The van der Waals surface area contributed by atoms with Gasteiger partial charge in [0.05, 0.1) is 6.61 Å². The lowest BCUT2D eigenvalue weighted by molar-refractivity contribution is -0.139. The monoisotopic (exact) mass is 659 g/mol. The fourth-order valence-electron chi connectivity index (χ4n) is 6.19. The van der Waals surface area contributed by atoms with E-state index in [-0.39, 0.29) is 6.10 Å². The Kier molecular flexibility index (Phi) is 12.0. The van der Waals surface area contributed by atoms with E-state index in [1.54, 1.807) is 17.8 Å². The first kappa shape index (κ1) is 33.8. The van der Waals surface area contributed by atoms with Gasteiger partial charge in [0, 0.05) is 16.1 Å². The van der Waals surface area contributed by atoms with Crippen molar-refractivity contribution in [2.45, 2.75) is 70.6 Å². The van der Waals surface area contributed by atoms with E-state index >= 15 is 0 Å². The van der Waals surface area contributed by atoms with E-state index in [9.17, 15) is 14.7 Å². The zero-order valence-electron chi connectivity index (χ0n) is 26.5. The Hall–Kier alpha value is -3.52. The number of carboxylic acids is 1. The quantitative estimate of drug-likeness (QED) is 0.140. The van der Waals surface area contributed by atoms with Gasteiger partial charge in [0.1, 0.15) is 23.7 Å². The second-order valence-electron chi connectivity index (χ2n) is 12.1. The van der Waals surface area contributed by atoms with Crippen molar-refractivity contribution in [3.05, 3.63) is 106 Å². The van der Waals surface area contributed by atoms with Crippen molar-refractivity contribution in [3.63, 3.8) is 0 Å². The Balaban J connectivity index is 1.41. The predicted octanol–water partition coefficient (Wildman–Crippen LogP) is 9.74. The molecule has 0 saturated heterocycles. The Morgan fingerprint density at radius 2 is 1.76 bits per heavy atom. The van der Waals surface area contributed by atoms with Crippen molar-refractivity contribution in [2.24, 2.45) is 5.92 Å². The van der Waals surface area contributed by atoms with E-state index in [4.69, 9.17) is 20.8 Å². The van der Waals surface area contributed by atoms with Crippen LogP contribution in [0, 0.1) is 12.8 Å². The number of carbonyl (C=O) groups excluding carboxylic acids is 1. The maximum absolute atomic E-state index is 13.5. The average molecular weight is 660 g/mol. The molecule has 0 radical (unpaired) electrons. The highest BCUT2D eigenvalue weighted by Crippen LogP contribution is 2.37. The van der Waals surface area contributed by atoms with E-state index in [1.807, 2.05) is 86.0 Å². The van der Waals surface area contributed by atoms with Gasteiger partial charge in [-0.05, 0) is 108 Å². The smallest absolute Gasteiger partial charge is 0.326 e. The summed E-state index contributed by atoms with van der Waals surface area (Å²) in [5.74, 6) is 1.35. The number of ether oxygens (including phenoxy) is 1. The molecule has 1 aliphatic carbocycles. The van der Waals surface area contributed by atoms with Crippen LogP contribution in [0.2, 0.25) is 5.02 Å². The maximum Gasteiger partial charge on any atom is 0.326 e. The standard InChI is InChI=1S/C38H42ClNO5S/c1-25-8-6-7-11-30(25)32-22-27(12-17-31(32)37(41)40-33(38(42)43)20-21-46-2)24-44-36(23-26-9-4-3-5-10-26)35-19-18-34(45-35)28-13-15-29(39)16-14-28/h6-8,11-19,22,26,33,36H,3-5,9-10,20-21,23-24H2,1-2H3,(H,40,41)(H,42,43)/t33-,36?/m0/s1. The van der Waals surface area contributed by atoms with Crippen LogP contribution in [0.1, 0.15) is 78.3 Å². The number of carbonyl (C=O) groups is 2. The summed E-state index contributed by atoms with van der Waals surface area (Å²) in [5.41, 5.74) is 5.01. The molecule has 6 nitrogen and oxygen atoms in total. The van der Waals surface area contributed by atoms with E-state index in [1.165, 1.54) is 32.1 Å². The lowest BCUT2D eigenvalue weighted by Gasteiger charge is -2.26. The highest BCUT2D eigenvalue weighted by Gasteiger charge is 2.25. The zero-order valence-corrected chi connectivity index (χ0v) is 28.0. The van der Waals surface area contributed by atoms with E-state index in [2.05, 4.69) is 5.32 Å². The number of halogens is 1. The van der Waals surface area contributed by atoms with Crippen LogP contribution < -0.4 is 5.32 Å². The molecule has 8 heteroatoms. The largest absolute Gasteiger partial charge is 0.480 e. The molecule has 1 heterocycles. The maximum atomic E-state index is 13.5. The molecule has 1 aromatic heterocycles. The van der Waals surface area contributed by atoms with Gasteiger partial charge in [0.15, 0.2) is 0 Å². The number of carboxylic acid groups (broad SMARTS) is 1. The van der Waals surface area contributed by atoms with Gasteiger partial charge in [-0.15, -0.1) is 0 Å². The minimum absolute atomic E-state index is 0.221. The summed E-state index contributed by atoms with van der Waals surface area (Å²) in [4.78, 5) is 25.4. The summed E-state index contributed by atoms with van der Waals surface area (Å²) in [6, 6.07) is 24.2. The SMILES string of the molecule is CSCC[C@H](NC(=O)c1ccc(COC(CC2CCCCC2)c2ccc(-c3ccc(Cl)cc3)o2)cc1-c1ccccc1C)C(=O)O. The highest BCUT2D eigenvalue weighted by atomic mass is 35.5. The van der Waals surface area contributed by atoms with Gasteiger partial charge in [-0.3, -0.25) is 4.79 Å². The topological polar surface area (TPSA) is 88.8 Å². The Morgan fingerprint density at radius 1 is 1.00 bits per heavy atom. The molecular formula is C38H42ClNO5S. The average Bonchev–Trinajstić information content (AvgIpc) is 3.56. The van der Waals surface area contributed by atoms with Crippen molar-refractivity contribution in [1.29, 1.82) is 0 Å². The van der Waals surface area contributed by atoms with Crippen molar-refractivity contribution in [3.8, 4) is 22.5 Å². The van der Waals surface area contributed by atoms with Gasteiger partial charge in [-0.25, -0.2) is 4.79 Å².